The lowest BCUT2D eigenvalue weighted by atomic mass is 10.2. The number of halogens is 2. The van der Waals surface area contributed by atoms with Gasteiger partial charge in [-0.05, 0) is 49.3 Å². The molecule has 0 atom stereocenters. The molecule has 7 nitrogen and oxygen atoms in total. The van der Waals surface area contributed by atoms with Crippen molar-refractivity contribution >= 4 is 43.3 Å². The van der Waals surface area contributed by atoms with E-state index in [1.807, 2.05) is 13.0 Å². The Morgan fingerprint density at radius 2 is 1.89 bits per heavy atom. The molecule has 2 heterocycles. The van der Waals surface area contributed by atoms with Crippen LogP contribution in [0.1, 0.15) is 33.3 Å². The molecule has 0 amide bonds. The second kappa shape index (κ2) is 9.47. The molecule has 0 spiro atoms. The molecule has 1 aliphatic heterocycles. The number of fused-ring (bicyclic) bond motifs is 2. The summed E-state index contributed by atoms with van der Waals surface area (Å²) in [6.45, 7) is 13.3. The third-order valence-corrected chi connectivity index (χ3v) is 10.7. The molecular formula is C25H28ClFN4O3Si. The SMILES string of the molecule is CCOc1cc2c(cc1O[Si](C)(C)C(C)(C)C)C=Nc1c(Nc3ccc(F)c(Cl)c3)ncnc1O2. The minimum atomic E-state index is -2.12. The van der Waals surface area contributed by atoms with Crippen LogP contribution in [0.25, 0.3) is 0 Å². The first-order chi connectivity index (χ1) is 16.5. The summed E-state index contributed by atoms with van der Waals surface area (Å²) in [5.74, 6) is 1.95. The number of nitrogens with zero attached hydrogens (tertiary/aromatic N) is 3. The number of anilines is 2. The lowest BCUT2D eigenvalue weighted by Gasteiger charge is -2.37. The zero-order chi connectivity index (χ0) is 25.4. The van der Waals surface area contributed by atoms with E-state index in [2.05, 4.69) is 54.1 Å². The molecule has 1 aromatic heterocycles. The van der Waals surface area contributed by atoms with Crippen LogP contribution in [0.5, 0.6) is 23.1 Å². The maximum absolute atomic E-state index is 13.6. The van der Waals surface area contributed by atoms with Gasteiger partial charge in [0.25, 0.3) is 14.2 Å². The first-order valence-corrected chi connectivity index (χ1v) is 14.6. The monoisotopic (exact) mass is 514 g/mol. The quantitative estimate of drug-likeness (QED) is 0.266. The van der Waals surface area contributed by atoms with Crippen LogP contribution < -0.4 is 19.2 Å². The summed E-state index contributed by atoms with van der Waals surface area (Å²) in [6, 6.07) is 8.00. The standard InChI is InChI=1S/C25H28ClFN4O3Si/c1-7-32-20-12-19-15(10-21(20)34-35(5,6)25(2,3)4)13-28-22-23(29-14-30-24(22)33-19)31-16-8-9-18(27)17(26)11-16/h8-14H,7H2,1-6H3,(H,29,30,31). The third-order valence-electron chi connectivity index (χ3n) is 6.06. The minimum Gasteiger partial charge on any atom is -0.541 e. The molecule has 0 aliphatic carbocycles. The molecule has 3 aromatic rings. The van der Waals surface area contributed by atoms with Gasteiger partial charge in [0.2, 0.25) is 0 Å². The highest BCUT2D eigenvalue weighted by molar-refractivity contribution is 6.74. The van der Waals surface area contributed by atoms with Crippen LogP contribution >= 0.6 is 11.6 Å². The van der Waals surface area contributed by atoms with Crippen molar-refractivity contribution in [1.29, 1.82) is 0 Å². The van der Waals surface area contributed by atoms with E-state index in [-0.39, 0.29) is 15.9 Å². The molecule has 4 rings (SSSR count). The van der Waals surface area contributed by atoms with Crippen LogP contribution in [0.15, 0.2) is 41.7 Å². The van der Waals surface area contributed by atoms with Crippen LogP contribution in [0, 0.1) is 5.82 Å². The molecule has 10 heteroatoms. The summed E-state index contributed by atoms with van der Waals surface area (Å²) >= 11 is 5.92. The highest BCUT2D eigenvalue weighted by Crippen LogP contribution is 2.45. The molecule has 0 unspecified atom stereocenters. The van der Waals surface area contributed by atoms with Crippen LogP contribution in [0.3, 0.4) is 0 Å². The zero-order valence-corrected chi connectivity index (χ0v) is 22.3. The van der Waals surface area contributed by atoms with Gasteiger partial charge < -0.3 is 19.2 Å². The van der Waals surface area contributed by atoms with Gasteiger partial charge in [0.15, 0.2) is 17.3 Å². The maximum atomic E-state index is 13.6. The molecule has 1 N–H and O–H groups in total. The van der Waals surface area contributed by atoms with Crippen molar-refractivity contribution in [2.75, 3.05) is 11.9 Å². The Morgan fingerprint density at radius 1 is 1.11 bits per heavy atom. The Balaban J connectivity index is 1.72. The normalized spacial score (nSPS) is 12.8. The van der Waals surface area contributed by atoms with Crippen molar-refractivity contribution in [3.05, 3.63) is 53.1 Å². The number of benzene rings is 2. The van der Waals surface area contributed by atoms with E-state index >= 15 is 0 Å². The number of hydrogen-bond acceptors (Lipinski definition) is 7. The van der Waals surface area contributed by atoms with E-state index in [1.54, 1.807) is 18.3 Å². The first-order valence-electron chi connectivity index (χ1n) is 11.3. The van der Waals surface area contributed by atoms with Crippen molar-refractivity contribution in [3.8, 4) is 23.1 Å². The Hall–Kier alpha value is -3.17. The first kappa shape index (κ1) is 24.9. The van der Waals surface area contributed by atoms with Crippen molar-refractivity contribution in [2.24, 2.45) is 4.99 Å². The average Bonchev–Trinajstić information content (AvgIpc) is 2.95. The average molecular weight is 515 g/mol. The highest BCUT2D eigenvalue weighted by Gasteiger charge is 2.39. The number of rotatable bonds is 6. The summed E-state index contributed by atoms with van der Waals surface area (Å²) in [6.07, 6.45) is 3.05. The fraction of sp³-hybridized carbons (Fsp3) is 0.320. The highest BCUT2D eigenvalue weighted by atomic mass is 35.5. The molecule has 0 fully saturated rings. The van der Waals surface area contributed by atoms with Gasteiger partial charge >= 0.3 is 0 Å². The summed E-state index contributed by atoms with van der Waals surface area (Å²) < 4.78 is 32.2. The second-order valence-electron chi connectivity index (χ2n) is 9.62. The van der Waals surface area contributed by atoms with Crippen molar-refractivity contribution in [2.45, 2.75) is 45.8 Å². The fourth-order valence-corrected chi connectivity index (χ4v) is 4.31. The smallest absolute Gasteiger partial charge is 0.250 e. The van der Waals surface area contributed by atoms with Crippen molar-refractivity contribution in [1.82, 2.24) is 9.97 Å². The van der Waals surface area contributed by atoms with Crippen LogP contribution in [0.4, 0.5) is 21.6 Å². The molecule has 0 saturated heterocycles. The van der Waals surface area contributed by atoms with Gasteiger partial charge in [-0.3, -0.25) is 0 Å². The number of nitrogens with one attached hydrogen (secondary N) is 1. The molecule has 0 saturated carbocycles. The van der Waals surface area contributed by atoms with Crippen LogP contribution in [-0.2, 0) is 0 Å². The summed E-state index contributed by atoms with van der Waals surface area (Å²) in [7, 11) is -2.12. The van der Waals surface area contributed by atoms with Crippen LogP contribution in [0.2, 0.25) is 23.2 Å². The van der Waals surface area contributed by atoms with E-state index < -0.39 is 14.1 Å². The van der Waals surface area contributed by atoms with E-state index in [9.17, 15) is 4.39 Å². The number of hydrogen-bond donors (Lipinski definition) is 1. The van der Waals surface area contributed by atoms with Gasteiger partial charge in [0.1, 0.15) is 23.6 Å². The number of aromatic nitrogens is 2. The predicted octanol–water partition coefficient (Wildman–Crippen LogP) is 7.65. The molecule has 1 aliphatic rings. The molecule has 2 aromatic carbocycles. The molecule has 0 radical (unpaired) electrons. The molecule has 35 heavy (non-hydrogen) atoms. The Bertz CT molecular complexity index is 1290. The van der Waals surface area contributed by atoms with E-state index in [4.69, 9.17) is 25.5 Å². The number of aliphatic imine (C=N–C) groups is 1. The van der Waals surface area contributed by atoms with Gasteiger partial charge in [-0.25, -0.2) is 14.4 Å². The van der Waals surface area contributed by atoms with Gasteiger partial charge in [0, 0.05) is 23.5 Å². The van der Waals surface area contributed by atoms with Gasteiger partial charge in [-0.2, -0.15) is 4.98 Å². The maximum Gasteiger partial charge on any atom is 0.250 e. The Kier molecular flexibility index (Phi) is 6.74. The Labute approximate surface area is 210 Å². The largest absolute Gasteiger partial charge is 0.541 e. The summed E-state index contributed by atoms with van der Waals surface area (Å²) in [5.41, 5.74) is 1.67. The van der Waals surface area contributed by atoms with E-state index in [0.717, 1.165) is 5.56 Å². The van der Waals surface area contributed by atoms with Crippen LogP contribution in [-0.4, -0.2) is 31.1 Å². The van der Waals surface area contributed by atoms with Crippen molar-refractivity contribution < 1.29 is 18.3 Å². The zero-order valence-electron chi connectivity index (χ0n) is 20.6. The summed E-state index contributed by atoms with van der Waals surface area (Å²) in [5, 5.41) is 3.12. The molecular weight excluding hydrogens is 487 g/mol. The predicted molar refractivity (Wildman–Crippen MR) is 139 cm³/mol. The number of ether oxygens (including phenoxy) is 2. The minimum absolute atomic E-state index is 0.0000154. The fourth-order valence-electron chi connectivity index (χ4n) is 3.12. The lowest BCUT2D eigenvalue weighted by molar-refractivity contribution is 0.322. The third kappa shape index (κ3) is 5.25. The lowest BCUT2D eigenvalue weighted by Crippen LogP contribution is -2.44. The Morgan fingerprint density at radius 3 is 2.57 bits per heavy atom. The van der Waals surface area contributed by atoms with Gasteiger partial charge in [-0.1, -0.05) is 32.4 Å². The molecule has 0 bridgehead atoms. The van der Waals surface area contributed by atoms with Gasteiger partial charge in [0.05, 0.1) is 11.6 Å². The van der Waals surface area contributed by atoms with E-state index in [1.165, 1.54) is 18.5 Å². The van der Waals surface area contributed by atoms with Gasteiger partial charge in [-0.15, -0.1) is 0 Å². The summed E-state index contributed by atoms with van der Waals surface area (Å²) in [4.78, 5) is 13.1. The molecule has 184 valence electrons. The topological polar surface area (TPSA) is 77.9 Å². The second-order valence-corrected chi connectivity index (χ2v) is 14.8. The van der Waals surface area contributed by atoms with Crippen molar-refractivity contribution in [3.63, 3.8) is 0 Å². The van der Waals surface area contributed by atoms with E-state index in [0.29, 0.717) is 41.0 Å².